The zero-order valence-electron chi connectivity index (χ0n) is 18.4. The number of piperazine rings is 1. The Morgan fingerprint density at radius 2 is 1.82 bits per heavy atom. The van der Waals surface area contributed by atoms with Gasteiger partial charge in [-0.15, -0.1) is 0 Å². The number of likely N-dealkylation sites (N-methyl/N-ethyl adjacent to an activating group) is 1. The number of quaternary nitrogens is 2. The van der Waals surface area contributed by atoms with Gasteiger partial charge in [0.15, 0.2) is 13.1 Å². The van der Waals surface area contributed by atoms with Crippen LogP contribution in [0.2, 0.25) is 0 Å². The topological polar surface area (TPSA) is 58.3 Å². The first-order valence-electron chi connectivity index (χ1n) is 10.3. The average molecular weight is 391 g/mol. The predicted octanol–water partition coefficient (Wildman–Crippen LogP) is -1.04. The summed E-state index contributed by atoms with van der Waals surface area (Å²) in [6.07, 6.45) is 0. The SMILES string of the molecule is Cc1ccc(C[NH+](C)CC(=O)N2CC[NH+](CC(=O)NC(C)(C)C)CC2)c(C)c1. The summed E-state index contributed by atoms with van der Waals surface area (Å²) in [6, 6.07) is 6.50. The number of carbonyl (C=O) groups is 2. The highest BCUT2D eigenvalue weighted by molar-refractivity contribution is 5.78. The van der Waals surface area contributed by atoms with Gasteiger partial charge in [-0.2, -0.15) is 0 Å². The first kappa shape index (κ1) is 22.4. The number of hydrogen-bond acceptors (Lipinski definition) is 2. The smallest absolute Gasteiger partial charge is 0.278 e. The van der Waals surface area contributed by atoms with Crippen LogP contribution in [0, 0.1) is 13.8 Å². The fraction of sp³-hybridized carbons (Fsp3) is 0.636. The van der Waals surface area contributed by atoms with Crippen molar-refractivity contribution >= 4 is 11.8 Å². The lowest BCUT2D eigenvalue weighted by Crippen LogP contribution is -3.16. The van der Waals surface area contributed by atoms with Crippen molar-refractivity contribution in [3.8, 4) is 0 Å². The van der Waals surface area contributed by atoms with Crippen molar-refractivity contribution in [2.24, 2.45) is 0 Å². The van der Waals surface area contributed by atoms with Crippen molar-refractivity contribution in [2.45, 2.75) is 46.7 Å². The standard InChI is InChI=1S/C22H36N4O2/c1-17-7-8-19(18(2)13-17)14-24(6)16-21(28)26-11-9-25(10-12-26)15-20(27)23-22(3,4)5/h7-8,13H,9-12,14-16H2,1-6H3,(H,23,27)/p+2. The average Bonchev–Trinajstić information content (AvgIpc) is 2.56. The van der Waals surface area contributed by atoms with E-state index in [1.807, 2.05) is 25.7 Å². The van der Waals surface area contributed by atoms with Crippen molar-refractivity contribution < 1.29 is 19.4 Å². The number of benzene rings is 1. The molecular weight excluding hydrogens is 352 g/mol. The zero-order valence-corrected chi connectivity index (χ0v) is 18.4. The minimum Gasteiger partial charge on any atom is -0.347 e. The Labute approximate surface area is 169 Å². The third kappa shape index (κ3) is 7.24. The van der Waals surface area contributed by atoms with Gasteiger partial charge in [0.25, 0.3) is 11.8 Å². The molecule has 6 nitrogen and oxygen atoms in total. The number of nitrogens with one attached hydrogen (secondary N) is 3. The molecule has 2 rings (SSSR count). The van der Waals surface area contributed by atoms with Crippen molar-refractivity contribution in [3.05, 3.63) is 34.9 Å². The van der Waals surface area contributed by atoms with E-state index in [0.717, 1.165) is 32.7 Å². The highest BCUT2D eigenvalue weighted by atomic mass is 16.2. The van der Waals surface area contributed by atoms with Crippen LogP contribution >= 0.6 is 0 Å². The van der Waals surface area contributed by atoms with Gasteiger partial charge in [0.2, 0.25) is 0 Å². The Kier molecular flexibility index (Phi) is 7.61. The fourth-order valence-electron chi connectivity index (χ4n) is 3.74. The molecule has 0 saturated carbocycles. The van der Waals surface area contributed by atoms with E-state index >= 15 is 0 Å². The molecule has 2 amide bonds. The van der Waals surface area contributed by atoms with E-state index in [0.29, 0.717) is 13.1 Å². The van der Waals surface area contributed by atoms with Crippen LogP contribution in [0.3, 0.4) is 0 Å². The lowest BCUT2D eigenvalue weighted by Gasteiger charge is -2.32. The molecule has 1 aliphatic rings. The van der Waals surface area contributed by atoms with Crippen LogP contribution < -0.4 is 15.1 Å². The Hall–Kier alpha value is -1.92. The maximum atomic E-state index is 12.7. The van der Waals surface area contributed by atoms with Crippen LogP contribution in [-0.4, -0.2) is 68.6 Å². The van der Waals surface area contributed by atoms with E-state index in [1.165, 1.54) is 26.5 Å². The Balaban J connectivity index is 1.76. The van der Waals surface area contributed by atoms with Gasteiger partial charge in [0, 0.05) is 11.1 Å². The lowest BCUT2D eigenvalue weighted by atomic mass is 10.1. The Morgan fingerprint density at radius 1 is 1.18 bits per heavy atom. The van der Waals surface area contributed by atoms with Gasteiger partial charge in [-0.25, -0.2) is 0 Å². The lowest BCUT2D eigenvalue weighted by molar-refractivity contribution is -0.897. The van der Waals surface area contributed by atoms with Crippen LogP contribution in [-0.2, 0) is 16.1 Å². The number of amides is 2. The summed E-state index contributed by atoms with van der Waals surface area (Å²) in [5.74, 6) is 0.292. The number of hydrogen-bond donors (Lipinski definition) is 3. The van der Waals surface area contributed by atoms with Crippen LogP contribution in [0.1, 0.15) is 37.5 Å². The summed E-state index contributed by atoms with van der Waals surface area (Å²) in [5, 5.41) is 3.01. The molecule has 1 aromatic rings. The van der Waals surface area contributed by atoms with E-state index in [-0.39, 0.29) is 17.4 Å². The van der Waals surface area contributed by atoms with E-state index in [2.05, 4.69) is 44.4 Å². The van der Waals surface area contributed by atoms with Gasteiger partial charge < -0.3 is 20.0 Å². The molecule has 1 saturated heterocycles. The molecular formula is C22H38N4O2+2. The molecule has 0 radical (unpaired) electrons. The predicted molar refractivity (Wildman–Crippen MR) is 111 cm³/mol. The van der Waals surface area contributed by atoms with Crippen molar-refractivity contribution in [2.75, 3.05) is 46.3 Å². The second-order valence-electron chi connectivity index (χ2n) is 9.35. The third-order valence-electron chi connectivity index (χ3n) is 5.19. The van der Waals surface area contributed by atoms with Crippen molar-refractivity contribution in [3.63, 3.8) is 0 Å². The summed E-state index contributed by atoms with van der Waals surface area (Å²) in [5.41, 5.74) is 3.66. The second kappa shape index (κ2) is 9.52. The van der Waals surface area contributed by atoms with Crippen LogP contribution in [0.15, 0.2) is 18.2 Å². The molecule has 1 unspecified atom stereocenters. The molecule has 0 aromatic heterocycles. The first-order chi connectivity index (χ1) is 13.0. The monoisotopic (exact) mass is 390 g/mol. The van der Waals surface area contributed by atoms with Crippen molar-refractivity contribution in [1.82, 2.24) is 10.2 Å². The van der Waals surface area contributed by atoms with E-state index in [4.69, 9.17) is 0 Å². The summed E-state index contributed by atoms with van der Waals surface area (Å²) < 4.78 is 0. The molecule has 1 atom stereocenters. The molecule has 6 heteroatoms. The largest absolute Gasteiger partial charge is 0.347 e. The van der Waals surface area contributed by atoms with Crippen LogP contribution in [0.4, 0.5) is 0 Å². The summed E-state index contributed by atoms with van der Waals surface area (Å²) in [4.78, 5) is 29.2. The van der Waals surface area contributed by atoms with E-state index < -0.39 is 0 Å². The maximum absolute atomic E-state index is 12.7. The fourth-order valence-corrected chi connectivity index (χ4v) is 3.74. The van der Waals surface area contributed by atoms with E-state index in [1.54, 1.807) is 0 Å². The number of nitrogens with zero attached hydrogens (tertiary/aromatic N) is 1. The molecule has 0 aliphatic carbocycles. The minimum atomic E-state index is -0.197. The highest BCUT2D eigenvalue weighted by Crippen LogP contribution is 2.09. The molecule has 3 N–H and O–H groups in total. The molecule has 0 bridgehead atoms. The van der Waals surface area contributed by atoms with E-state index in [9.17, 15) is 9.59 Å². The molecule has 156 valence electrons. The van der Waals surface area contributed by atoms with Gasteiger partial charge in [-0.05, 0) is 40.2 Å². The van der Waals surface area contributed by atoms with Gasteiger partial charge in [-0.3, -0.25) is 9.59 Å². The summed E-state index contributed by atoms with van der Waals surface area (Å²) in [7, 11) is 2.08. The third-order valence-corrected chi connectivity index (χ3v) is 5.19. The molecule has 28 heavy (non-hydrogen) atoms. The van der Waals surface area contributed by atoms with Crippen molar-refractivity contribution in [1.29, 1.82) is 0 Å². The summed E-state index contributed by atoms with van der Waals surface area (Å²) >= 11 is 0. The highest BCUT2D eigenvalue weighted by Gasteiger charge is 2.27. The second-order valence-corrected chi connectivity index (χ2v) is 9.35. The number of rotatable bonds is 6. The molecule has 0 spiro atoms. The molecule has 1 fully saturated rings. The Bertz CT molecular complexity index is 688. The molecule has 1 aliphatic heterocycles. The van der Waals surface area contributed by atoms with Crippen LogP contribution in [0.25, 0.3) is 0 Å². The molecule has 1 heterocycles. The van der Waals surface area contributed by atoms with Crippen LogP contribution in [0.5, 0.6) is 0 Å². The minimum absolute atomic E-state index is 0.0833. The summed E-state index contributed by atoms with van der Waals surface area (Å²) in [6.45, 7) is 15.2. The number of aryl methyl sites for hydroxylation is 2. The van der Waals surface area contributed by atoms with Gasteiger partial charge in [0.05, 0.1) is 33.2 Å². The quantitative estimate of drug-likeness (QED) is 0.581. The Morgan fingerprint density at radius 3 is 2.39 bits per heavy atom. The van der Waals surface area contributed by atoms with Gasteiger partial charge in [-0.1, -0.05) is 23.8 Å². The zero-order chi connectivity index (χ0) is 20.9. The van der Waals surface area contributed by atoms with Gasteiger partial charge >= 0.3 is 0 Å². The first-order valence-corrected chi connectivity index (χ1v) is 10.3. The van der Waals surface area contributed by atoms with Gasteiger partial charge in [0.1, 0.15) is 6.54 Å². The molecule has 1 aromatic carbocycles. The maximum Gasteiger partial charge on any atom is 0.278 e. The number of carbonyl (C=O) groups excluding carboxylic acids is 2. The normalized spacial score (nSPS) is 16.7.